The third-order valence-electron chi connectivity index (χ3n) is 3.22. The quantitative estimate of drug-likeness (QED) is 0.662. The molecule has 18 heavy (non-hydrogen) atoms. The lowest BCUT2D eigenvalue weighted by Gasteiger charge is -2.16. The van der Waals surface area contributed by atoms with Gasteiger partial charge in [0.15, 0.2) is 0 Å². The van der Waals surface area contributed by atoms with Crippen LogP contribution in [0.2, 0.25) is 0 Å². The standard InChI is InChI=1S/C16H16ClF/c1-10-4-5-11(2)14(8-10)16(17)15-9-13(18)7-6-12(15)3/h4-9,16H,1-3H3. The lowest BCUT2D eigenvalue weighted by Crippen LogP contribution is -2.00. The number of hydrogen-bond donors (Lipinski definition) is 0. The molecule has 2 aromatic rings. The first kappa shape index (κ1) is 13.1. The molecule has 1 atom stereocenters. The zero-order valence-corrected chi connectivity index (χ0v) is 11.6. The molecule has 2 heteroatoms. The minimum absolute atomic E-state index is 0.244. The molecule has 0 amide bonds. The number of halogens is 2. The summed E-state index contributed by atoms with van der Waals surface area (Å²) in [6, 6.07) is 10.9. The fourth-order valence-electron chi connectivity index (χ4n) is 2.08. The van der Waals surface area contributed by atoms with Crippen LogP contribution < -0.4 is 0 Å². The normalized spacial score (nSPS) is 12.5. The van der Waals surface area contributed by atoms with Crippen LogP contribution in [0.25, 0.3) is 0 Å². The lowest BCUT2D eigenvalue weighted by molar-refractivity contribution is 0.625. The average Bonchev–Trinajstić information content (AvgIpc) is 2.34. The van der Waals surface area contributed by atoms with Gasteiger partial charge in [-0.05, 0) is 55.2 Å². The first-order valence-corrected chi connectivity index (χ1v) is 6.40. The Labute approximate surface area is 112 Å². The fourth-order valence-corrected chi connectivity index (χ4v) is 2.56. The van der Waals surface area contributed by atoms with Crippen molar-refractivity contribution in [2.45, 2.75) is 26.1 Å². The predicted octanol–water partition coefficient (Wildman–Crippen LogP) is 5.08. The van der Waals surface area contributed by atoms with Gasteiger partial charge < -0.3 is 0 Å². The van der Waals surface area contributed by atoms with Crippen molar-refractivity contribution in [2.24, 2.45) is 0 Å². The van der Waals surface area contributed by atoms with Crippen molar-refractivity contribution in [3.63, 3.8) is 0 Å². The molecule has 0 bridgehead atoms. The summed E-state index contributed by atoms with van der Waals surface area (Å²) in [7, 11) is 0. The second-order valence-corrected chi connectivity index (χ2v) is 5.16. The third-order valence-corrected chi connectivity index (χ3v) is 3.69. The zero-order valence-electron chi connectivity index (χ0n) is 10.8. The number of hydrogen-bond acceptors (Lipinski definition) is 0. The molecule has 0 N–H and O–H groups in total. The highest BCUT2D eigenvalue weighted by Gasteiger charge is 2.16. The maximum Gasteiger partial charge on any atom is 0.123 e. The van der Waals surface area contributed by atoms with Crippen molar-refractivity contribution in [1.82, 2.24) is 0 Å². The smallest absolute Gasteiger partial charge is 0.123 e. The number of aryl methyl sites for hydroxylation is 3. The van der Waals surface area contributed by atoms with Gasteiger partial charge in [0.1, 0.15) is 5.82 Å². The van der Waals surface area contributed by atoms with Gasteiger partial charge in [0.2, 0.25) is 0 Å². The predicted molar refractivity (Wildman–Crippen MR) is 74.7 cm³/mol. The highest BCUT2D eigenvalue weighted by Crippen LogP contribution is 2.33. The van der Waals surface area contributed by atoms with Gasteiger partial charge in [-0.25, -0.2) is 4.39 Å². The van der Waals surface area contributed by atoms with Crippen molar-refractivity contribution in [3.8, 4) is 0 Å². The van der Waals surface area contributed by atoms with Gasteiger partial charge in [-0.2, -0.15) is 0 Å². The van der Waals surface area contributed by atoms with Gasteiger partial charge in [0.25, 0.3) is 0 Å². The maximum absolute atomic E-state index is 13.3. The molecular weight excluding hydrogens is 247 g/mol. The van der Waals surface area contributed by atoms with Crippen LogP contribution >= 0.6 is 11.6 Å². The van der Waals surface area contributed by atoms with E-state index in [1.165, 1.54) is 12.1 Å². The van der Waals surface area contributed by atoms with Crippen LogP contribution in [0, 0.1) is 26.6 Å². The SMILES string of the molecule is Cc1ccc(C)c(C(Cl)c2cc(F)ccc2C)c1. The van der Waals surface area contributed by atoms with Crippen LogP contribution in [0.15, 0.2) is 36.4 Å². The third kappa shape index (κ3) is 2.56. The first-order valence-electron chi connectivity index (χ1n) is 5.96. The molecule has 0 saturated heterocycles. The van der Waals surface area contributed by atoms with Crippen LogP contribution in [0.1, 0.15) is 33.2 Å². The number of alkyl halides is 1. The molecule has 2 aromatic carbocycles. The van der Waals surface area contributed by atoms with E-state index in [1.807, 2.05) is 20.8 Å². The minimum Gasteiger partial charge on any atom is -0.207 e. The number of benzene rings is 2. The molecule has 0 aliphatic carbocycles. The van der Waals surface area contributed by atoms with Crippen LogP contribution in [0.3, 0.4) is 0 Å². The van der Waals surface area contributed by atoms with E-state index >= 15 is 0 Å². The van der Waals surface area contributed by atoms with E-state index in [-0.39, 0.29) is 11.2 Å². The van der Waals surface area contributed by atoms with Gasteiger partial charge in [-0.3, -0.25) is 0 Å². The largest absolute Gasteiger partial charge is 0.207 e. The summed E-state index contributed by atoms with van der Waals surface area (Å²) in [4.78, 5) is 0. The Bertz CT molecular complexity index is 524. The highest BCUT2D eigenvalue weighted by molar-refractivity contribution is 6.22. The minimum atomic E-state index is -0.305. The molecule has 0 nitrogen and oxygen atoms in total. The molecule has 0 heterocycles. The Morgan fingerprint density at radius 1 is 0.889 bits per heavy atom. The Hall–Kier alpha value is -1.34. The van der Waals surface area contributed by atoms with Crippen LogP contribution in [-0.4, -0.2) is 0 Å². The van der Waals surface area contributed by atoms with E-state index in [9.17, 15) is 4.39 Å². The second-order valence-electron chi connectivity index (χ2n) is 4.72. The van der Waals surface area contributed by atoms with Crippen molar-refractivity contribution in [3.05, 3.63) is 70.0 Å². The molecule has 94 valence electrons. The van der Waals surface area contributed by atoms with Gasteiger partial charge in [0.05, 0.1) is 5.38 Å². The highest BCUT2D eigenvalue weighted by atomic mass is 35.5. The van der Waals surface area contributed by atoms with Gasteiger partial charge in [-0.1, -0.05) is 29.8 Å². The number of rotatable bonds is 2. The van der Waals surface area contributed by atoms with Crippen molar-refractivity contribution < 1.29 is 4.39 Å². The molecule has 0 aromatic heterocycles. The summed E-state index contributed by atoms with van der Waals surface area (Å²) in [5.41, 5.74) is 5.19. The van der Waals surface area contributed by atoms with E-state index in [1.54, 1.807) is 6.07 Å². The van der Waals surface area contributed by atoms with Crippen LogP contribution in [-0.2, 0) is 0 Å². The topological polar surface area (TPSA) is 0 Å². The van der Waals surface area contributed by atoms with Gasteiger partial charge >= 0.3 is 0 Å². The Balaban J connectivity index is 2.50. The second kappa shape index (κ2) is 5.11. The Morgan fingerprint density at radius 2 is 1.44 bits per heavy atom. The van der Waals surface area contributed by atoms with E-state index in [0.717, 1.165) is 27.8 Å². The maximum atomic E-state index is 13.3. The molecule has 0 spiro atoms. The van der Waals surface area contributed by atoms with Crippen LogP contribution in [0.4, 0.5) is 4.39 Å². The van der Waals surface area contributed by atoms with Crippen LogP contribution in [0.5, 0.6) is 0 Å². The fraction of sp³-hybridized carbons (Fsp3) is 0.250. The first-order chi connectivity index (χ1) is 8.49. The Morgan fingerprint density at radius 3 is 2.11 bits per heavy atom. The van der Waals surface area contributed by atoms with Gasteiger partial charge in [-0.15, -0.1) is 11.6 Å². The molecule has 2 rings (SSSR count). The molecular formula is C16H16ClF. The molecule has 1 unspecified atom stereocenters. The molecule has 0 saturated carbocycles. The summed E-state index contributed by atoms with van der Waals surface area (Å²) in [5.74, 6) is -0.244. The van der Waals surface area contributed by atoms with Crippen molar-refractivity contribution in [2.75, 3.05) is 0 Å². The molecule has 0 aliphatic rings. The van der Waals surface area contributed by atoms with Crippen molar-refractivity contribution in [1.29, 1.82) is 0 Å². The average molecular weight is 263 g/mol. The molecule has 0 radical (unpaired) electrons. The monoisotopic (exact) mass is 262 g/mol. The van der Waals surface area contributed by atoms with E-state index < -0.39 is 0 Å². The summed E-state index contributed by atoms with van der Waals surface area (Å²) < 4.78 is 13.3. The van der Waals surface area contributed by atoms with E-state index in [0.29, 0.717) is 0 Å². The summed E-state index contributed by atoms with van der Waals surface area (Å²) in [6.45, 7) is 6.01. The summed E-state index contributed by atoms with van der Waals surface area (Å²) in [6.07, 6.45) is 0. The summed E-state index contributed by atoms with van der Waals surface area (Å²) in [5, 5.41) is -0.305. The molecule has 0 fully saturated rings. The zero-order chi connectivity index (χ0) is 13.3. The van der Waals surface area contributed by atoms with E-state index in [2.05, 4.69) is 18.2 Å². The van der Waals surface area contributed by atoms with Crippen molar-refractivity contribution >= 4 is 11.6 Å². The van der Waals surface area contributed by atoms with E-state index in [4.69, 9.17) is 11.6 Å². The van der Waals surface area contributed by atoms with Gasteiger partial charge in [0, 0.05) is 0 Å². The molecule has 0 aliphatic heterocycles. The summed E-state index contributed by atoms with van der Waals surface area (Å²) >= 11 is 6.52. The Kier molecular flexibility index (Phi) is 3.72. The lowest BCUT2D eigenvalue weighted by atomic mass is 9.95.